The summed E-state index contributed by atoms with van der Waals surface area (Å²) in [6.07, 6.45) is 2.94. The second-order valence-corrected chi connectivity index (χ2v) is 7.32. The van der Waals surface area contributed by atoms with E-state index in [9.17, 15) is 8.42 Å². The summed E-state index contributed by atoms with van der Waals surface area (Å²) in [5, 5.41) is 3.01. The Morgan fingerprint density at radius 2 is 2.10 bits per heavy atom. The molecule has 0 radical (unpaired) electrons. The molecule has 116 valence electrons. The third-order valence-corrected chi connectivity index (χ3v) is 4.88. The van der Waals surface area contributed by atoms with Crippen LogP contribution in [0, 0.1) is 6.92 Å². The second kappa shape index (κ2) is 6.44. The molecule has 1 atom stereocenters. The Hall–Kier alpha value is -1.60. The molecule has 7 heteroatoms. The molecule has 0 aliphatic carbocycles. The molecule has 6 nitrogen and oxygen atoms in total. The van der Waals surface area contributed by atoms with Crippen molar-refractivity contribution in [3.8, 4) is 0 Å². The topological polar surface area (TPSA) is 87.8 Å². The van der Waals surface area contributed by atoms with Gasteiger partial charge in [0.1, 0.15) is 0 Å². The number of nitrogens with zero attached hydrogens (tertiary/aromatic N) is 2. The van der Waals surface area contributed by atoms with Gasteiger partial charge in [-0.05, 0) is 31.9 Å². The van der Waals surface area contributed by atoms with Gasteiger partial charge >= 0.3 is 0 Å². The van der Waals surface area contributed by atoms with Crippen LogP contribution in [-0.4, -0.2) is 44.1 Å². The van der Waals surface area contributed by atoms with Gasteiger partial charge in [-0.25, -0.2) is 8.42 Å². The van der Waals surface area contributed by atoms with Crippen molar-refractivity contribution in [3.63, 3.8) is 0 Å². The second-order valence-electron chi connectivity index (χ2n) is 5.39. The minimum atomic E-state index is -3.16. The first-order valence-electron chi connectivity index (χ1n) is 6.96. The molecule has 1 fully saturated rings. The summed E-state index contributed by atoms with van der Waals surface area (Å²) in [6, 6.07) is 7.74. The Labute approximate surface area is 126 Å². The smallest absolute Gasteiger partial charge is 0.211 e. The van der Waals surface area contributed by atoms with Crippen molar-refractivity contribution in [2.75, 3.05) is 24.7 Å². The van der Waals surface area contributed by atoms with E-state index in [0.29, 0.717) is 19.0 Å². The third-order valence-electron chi connectivity index (χ3n) is 3.55. The molecule has 0 spiro atoms. The number of aryl methyl sites for hydroxylation is 1. The van der Waals surface area contributed by atoms with Crippen LogP contribution in [0.25, 0.3) is 0 Å². The Kier molecular flexibility index (Phi) is 4.84. The van der Waals surface area contributed by atoms with Crippen LogP contribution in [0.1, 0.15) is 18.4 Å². The average Bonchev–Trinajstić information content (AvgIpc) is 2.87. The first-order chi connectivity index (χ1) is 9.86. The van der Waals surface area contributed by atoms with Gasteiger partial charge in [-0.1, -0.05) is 17.7 Å². The van der Waals surface area contributed by atoms with E-state index in [1.54, 1.807) is 0 Å². The van der Waals surface area contributed by atoms with Crippen molar-refractivity contribution < 1.29 is 8.42 Å². The van der Waals surface area contributed by atoms with Crippen LogP contribution in [-0.2, 0) is 10.0 Å². The van der Waals surface area contributed by atoms with Crippen LogP contribution in [0.15, 0.2) is 29.3 Å². The van der Waals surface area contributed by atoms with Gasteiger partial charge in [-0.2, -0.15) is 4.31 Å². The standard InChI is InChI=1S/C14H22N4O2S/c1-11-5-7-12(8-6-11)17-14(15)16-10-13-4-3-9-18(13)21(2,19)20/h5-8,13H,3-4,9-10H2,1-2H3,(H3,15,16,17)/t13-/m1/s1. The summed E-state index contributed by atoms with van der Waals surface area (Å²) in [6.45, 7) is 2.98. The summed E-state index contributed by atoms with van der Waals surface area (Å²) in [7, 11) is -3.16. The molecular weight excluding hydrogens is 288 g/mol. The number of benzene rings is 1. The van der Waals surface area contributed by atoms with Crippen LogP contribution in [0.4, 0.5) is 5.69 Å². The summed E-state index contributed by atoms with van der Waals surface area (Å²) < 4.78 is 24.8. The summed E-state index contributed by atoms with van der Waals surface area (Å²) >= 11 is 0. The average molecular weight is 310 g/mol. The van der Waals surface area contributed by atoms with Gasteiger partial charge in [0.2, 0.25) is 10.0 Å². The highest BCUT2D eigenvalue weighted by molar-refractivity contribution is 7.88. The first kappa shape index (κ1) is 15.8. The number of nitrogens with one attached hydrogen (secondary N) is 1. The van der Waals surface area contributed by atoms with E-state index in [1.807, 2.05) is 31.2 Å². The molecule has 0 unspecified atom stereocenters. The molecule has 1 aromatic rings. The predicted molar refractivity (Wildman–Crippen MR) is 85.9 cm³/mol. The summed E-state index contributed by atoms with van der Waals surface area (Å²) in [5.74, 6) is 0.305. The molecule has 0 aromatic heterocycles. The van der Waals surface area contributed by atoms with Crippen molar-refractivity contribution in [2.24, 2.45) is 10.7 Å². The normalized spacial score (nSPS) is 20.7. The van der Waals surface area contributed by atoms with Crippen LogP contribution in [0.2, 0.25) is 0 Å². The minimum Gasteiger partial charge on any atom is -0.370 e. The van der Waals surface area contributed by atoms with Gasteiger partial charge in [0.05, 0.1) is 12.8 Å². The Morgan fingerprint density at radius 1 is 1.43 bits per heavy atom. The minimum absolute atomic E-state index is 0.0848. The fourth-order valence-electron chi connectivity index (χ4n) is 2.46. The number of anilines is 1. The lowest BCUT2D eigenvalue weighted by molar-refractivity contribution is 0.397. The quantitative estimate of drug-likeness (QED) is 0.645. The lowest BCUT2D eigenvalue weighted by Crippen LogP contribution is -2.37. The highest BCUT2D eigenvalue weighted by atomic mass is 32.2. The molecule has 1 saturated heterocycles. The number of aliphatic imine (C=N–C) groups is 1. The first-order valence-corrected chi connectivity index (χ1v) is 8.81. The van der Waals surface area contributed by atoms with E-state index in [0.717, 1.165) is 18.5 Å². The Morgan fingerprint density at radius 3 is 2.71 bits per heavy atom. The largest absolute Gasteiger partial charge is 0.370 e. The van der Waals surface area contributed by atoms with Gasteiger partial charge in [0.15, 0.2) is 5.96 Å². The number of hydrogen-bond acceptors (Lipinski definition) is 3. The molecule has 0 amide bonds. The highest BCUT2D eigenvalue weighted by Gasteiger charge is 2.30. The highest BCUT2D eigenvalue weighted by Crippen LogP contribution is 2.20. The van der Waals surface area contributed by atoms with Crippen molar-refractivity contribution >= 4 is 21.7 Å². The predicted octanol–water partition coefficient (Wildman–Crippen LogP) is 1.15. The van der Waals surface area contributed by atoms with E-state index in [-0.39, 0.29) is 6.04 Å². The van der Waals surface area contributed by atoms with Gasteiger partial charge in [0, 0.05) is 18.3 Å². The SMILES string of the molecule is Cc1ccc(NC(N)=NC[C@H]2CCCN2S(C)(=O)=O)cc1. The molecule has 0 bridgehead atoms. The van der Waals surface area contributed by atoms with Gasteiger partial charge < -0.3 is 11.1 Å². The molecule has 2 rings (SSSR count). The number of rotatable bonds is 4. The van der Waals surface area contributed by atoms with Gasteiger partial charge in [-0.3, -0.25) is 4.99 Å². The van der Waals surface area contributed by atoms with Crippen LogP contribution >= 0.6 is 0 Å². The maximum absolute atomic E-state index is 11.6. The van der Waals surface area contributed by atoms with Crippen molar-refractivity contribution in [3.05, 3.63) is 29.8 Å². The number of sulfonamides is 1. The summed E-state index contributed by atoms with van der Waals surface area (Å²) in [4.78, 5) is 4.26. The summed E-state index contributed by atoms with van der Waals surface area (Å²) in [5.41, 5.74) is 7.89. The lowest BCUT2D eigenvalue weighted by atomic mass is 10.2. The maximum Gasteiger partial charge on any atom is 0.211 e. The zero-order chi connectivity index (χ0) is 15.5. The van der Waals surface area contributed by atoms with E-state index in [1.165, 1.54) is 16.1 Å². The van der Waals surface area contributed by atoms with E-state index < -0.39 is 10.0 Å². The zero-order valence-corrected chi connectivity index (χ0v) is 13.2. The molecule has 3 N–H and O–H groups in total. The van der Waals surface area contributed by atoms with Gasteiger partial charge in [0.25, 0.3) is 0 Å². The molecule has 1 aliphatic heterocycles. The van der Waals surface area contributed by atoms with Crippen LogP contribution in [0.3, 0.4) is 0 Å². The Balaban J connectivity index is 1.95. The van der Waals surface area contributed by atoms with Crippen LogP contribution < -0.4 is 11.1 Å². The van der Waals surface area contributed by atoms with Crippen molar-refractivity contribution in [1.29, 1.82) is 0 Å². The van der Waals surface area contributed by atoms with Crippen LogP contribution in [0.5, 0.6) is 0 Å². The van der Waals surface area contributed by atoms with E-state index in [4.69, 9.17) is 5.73 Å². The number of guanidine groups is 1. The maximum atomic E-state index is 11.6. The lowest BCUT2D eigenvalue weighted by Gasteiger charge is -2.20. The monoisotopic (exact) mass is 310 g/mol. The molecule has 1 aromatic carbocycles. The van der Waals surface area contributed by atoms with Crippen molar-refractivity contribution in [1.82, 2.24) is 4.31 Å². The van der Waals surface area contributed by atoms with Crippen molar-refractivity contribution in [2.45, 2.75) is 25.8 Å². The fourth-order valence-corrected chi connectivity index (χ4v) is 3.63. The fraction of sp³-hybridized carbons (Fsp3) is 0.500. The molecule has 1 aliphatic rings. The third kappa shape index (κ3) is 4.44. The Bertz CT molecular complexity index is 610. The van der Waals surface area contributed by atoms with Gasteiger partial charge in [-0.15, -0.1) is 0 Å². The zero-order valence-electron chi connectivity index (χ0n) is 12.4. The molecule has 21 heavy (non-hydrogen) atoms. The number of hydrogen-bond donors (Lipinski definition) is 2. The van der Waals surface area contributed by atoms with E-state index >= 15 is 0 Å². The van der Waals surface area contributed by atoms with E-state index in [2.05, 4.69) is 10.3 Å². The molecular formula is C14H22N4O2S. The molecule has 1 heterocycles. The molecule has 0 saturated carbocycles. The number of nitrogens with two attached hydrogens (primary N) is 1.